The van der Waals surface area contributed by atoms with E-state index in [2.05, 4.69) is 15.3 Å². The molecule has 8 nitrogen and oxygen atoms in total. The van der Waals surface area contributed by atoms with Gasteiger partial charge in [-0.05, 0) is 24.1 Å². The molecule has 0 aliphatic carbocycles. The van der Waals surface area contributed by atoms with E-state index in [-0.39, 0.29) is 18.4 Å². The first-order valence-electron chi connectivity index (χ1n) is 7.65. The fourth-order valence-electron chi connectivity index (χ4n) is 1.93. The summed E-state index contributed by atoms with van der Waals surface area (Å²) in [5.74, 6) is 5.14. The Morgan fingerprint density at radius 1 is 1.44 bits per heavy atom. The average Bonchev–Trinajstić information content (AvgIpc) is 2.62. The minimum Gasteiger partial charge on any atom is -0.497 e. The highest BCUT2D eigenvalue weighted by molar-refractivity contribution is 5.87. The van der Waals surface area contributed by atoms with Crippen molar-refractivity contribution >= 4 is 11.8 Å². The van der Waals surface area contributed by atoms with E-state index < -0.39 is 11.8 Å². The molecule has 0 spiro atoms. The Bertz CT molecular complexity index is 729. The number of hydrazine groups is 1. The number of rotatable bonds is 7. The largest absolute Gasteiger partial charge is 0.497 e. The molecule has 0 radical (unpaired) electrons. The zero-order chi connectivity index (χ0) is 18.2. The number of carbonyl (C=O) groups is 1. The first-order valence-corrected chi connectivity index (χ1v) is 7.65. The lowest BCUT2D eigenvalue weighted by atomic mass is 10.2. The smallest absolute Gasteiger partial charge is 0.337 e. The monoisotopic (exact) mass is 349 g/mol. The van der Waals surface area contributed by atoms with Gasteiger partial charge in [-0.1, -0.05) is 19.1 Å². The number of benzene rings is 1. The van der Waals surface area contributed by atoms with E-state index in [1.165, 1.54) is 0 Å². The number of nitrogens with zero attached hydrogens (tertiary/aromatic N) is 3. The Balaban J connectivity index is 2.03. The number of anilines is 1. The third-order valence-electron chi connectivity index (χ3n) is 3.17. The molecular formula is C16H20FN5O3. The number of amides is 2. The number of nitrogens with one attached hydrogen (secondary N) is 1. The summed E-state index contributed by atoms with van der Waals surface area (Å²) in [5, 5.41) is 3.23. The lowest BCUT2D eigenvalue weighted by Crippen LogP contribution is -2.41. The van der Waals surface area contributed by atoms with Crippen LogP contribution in [0.1, 0.15) is 18.9 Å². The molecule has 0 unspecified atom stereocenters. The van der Waals surface area contributed by atoms with Crippen LogP contribution in [-0.2, 0) is 6.61 Å². The van der Waals surface area contributed by atoms with Gasteiger partial charge in [-0.3, -0.25) is 10.3 Å². The normalized spacial score (nSPS) is 10.2. The van der Waals surface area contributed by atoms with Crippen molar-refractivity contribution in [1.29, 1.82) is 0 Å². The van der Waals surface area contributed by atoms with Gasteiger partial charge in [0, 0.05) is 6.54 Å². The van der Waals surface area contributed by atoms with Crippen molar-refractivity contribution in [3.05, 3.63) is 41.8 Å². The SMILES string of the molecule is CCCN(N)C(=O)Nc1nc(OCc2cccc(OC)c2)ncc1F. The van der Waals surface area contributed by atoms with E-state index in [1.807, 2.05) is 19.1 Å². The van der Waals surface area contributed by atoms with Crippen LogP contribution in [0.4, 0.5) is 15.0 Å². The van der Waals surface area contributed by atoms with Crippen LogP contribution in [0, 0.1) is 5.82 Å². The van der Waals surface area contributed by atoms with Gasteiger partial charge in [0.15, 0.2) is 11.6 Å². The number of hydrogen-bond acceptors (Lipinski definition) is 6. The predicted molar refractivity (Wildman–Crippen MR) is 89.5 cm³/mol. The molecule has 9 heteroatoms. The highest BCUT2D eigenvalue weighted by Crippen LogP contribution is 2.17. The summed E-state index contributed by atoms with van der Waals surface area (Å²) >= 11 is 0. The van der Waals surface area contributed by atoms with Crippen molar-refractivity contribution in [2.24, 2.45) is 5.84 Å². The van der Waals surface area contributed by atoms with Crippen LogP contribution in [0.5, 0.6) is 11.8 Å². The first-order chi connectivity index (χ1) is 12.0. The lowest BCUT2D eigenvalue weighted by molar-refractivity contribution is 0.212. The van der Waals surface area contributed by atoms with Crippen LogP contribution in [0.15, 0.2) is 30.5 Å². The molecule has 0 atom stereocenters. The van der Waals surface area contributed by atoms with E-state index in [4.69, 9.17) is 15.3 Å². The van der Waals surface area contributed by atoms with Crippen molar-refractivity contribution in [3.8, 4) is 11.8 Å². The molecule has 0 saturated heterocycles. The van der Waals surface area contributed by atoms with E-state index in [9.17, 15) is 9.18 Å². The zero-order valence-corrected chi connectivity index (χ0v) is 14.0. The number of nitrogens with two attached hydrogens (primary N) is 1. The molecule has 2 rings (SSSR count). The molecule has 1 aromatic heterocycles. The minimum absolute atomic E-state index is 0.0708. The van der Waals surface area contributed by atoms with E-state index in [1.54, 1.807) is 19.2 Å². The maximum absolute atomic E-state index is 13.8. The van der Waals surface area contributed by atoms with E-state index in [0.717, 1.165) is 16.8 Å². The molecular weight excluding hydrogens is 329 g/mol. The highest BCUT2D eigenvalue weighted by atomic mass is 19.1. The van der Waals surface area contributed by atoms with Crippen molar-refractivity contribution < 1.29 is 18.7 Å². The van der Waals surface area contributed by atoms with Gasteiger partial charge >= 0.3 is 12.0 Å². The molecule has 0 bridgehead atoms. The summed E-state index contributed by atoms with van der Waals surface area (Å²) in [4.78, 5) is 19.4. The second-order valence-electron chi connectivity index (χ2n) is 5.11. The molecule has 2 amide bonds. The molecule has 0 aliphatic heterocycles. The summed E-state index contributed by atoms with van der Waals surface area (Å²) in [5.41, 5.74) is 0.828. The first kappa shape index (κ1) is 18.4. The third kappa shape index (κ3) is 5.28. The second kappa shape index (κ2) is 8.78. The van der Waals surface area contributed by atoms with Gasteiger partial charge in [0.25, 0.3) is 0 Å². The fraction of sp³-hybridized carbons (Fsp3) is 0.312. The third-order valence-corrected chi connectivity index (χ3v) is 3.17. The highest BCUT2D eigenvalue weighted by Gasteiger charge is 2.14. The van der Waals surface area contributed by atoms with Crippen LogP contribution in [0.3, 0.4) is 0 Å². The second-order valence-corrected chi connectivity index (χ2v) is 5.11. The summed E-state index contributed by atoms with van der Waals surface area (Å²) < 4.78 is 24.3. The average molecular weight is 349 g/mol. The predicted octanol–water partition coefficient (Wildman–Crippen LogP) is 2.32. The molecule has 134 valence electrons. The Labute approximate surface area is 144 Å². The number of ether oxygens (including phenoxy) is 2. The minimum atomic E-state index is -0.785. The van der Waals surface area contributed by atoms with E-state index >= 15 is 0 Å². The molecule has 1 heterocycles. The van der Waals surface area contributed by atoms with Gasteiger partial charge in [0.05, 0.1) is 13.3 Å². The fourth-order valence-corrected chi connectivity index (χ4v) is 1.93. The van der Waals surface area contributed by atoms with Crippen molar-refractivity contribution in [2.75, 3.05) is 19.0 Å². The van der Waals surface area contributed by atoms with Crippen LogP contribution in [0.25, 0.3) is 0 Å². The Morgan fingerprint density at radius 3 is 2.96 bits per heavy atom. The number of aromatic nitrogens is 2. The summed E-state index contributed by atoms with van der Waals surface area (Å²) in [6, 6.07) is 6.52. The number of carbonyl (C=O) groups excluding carboxylic acids is 1. The number of methoxy groups -OCH3 is 1. The van der Waals surface area contributed by atoms with Gasteiger partial charge in [-0.25, -0.2) is 20.0 Å². The van der Waals surface area contributed by atoms with Gasteiger partial charge in [0.2, 0.25) is 0 Å². The topological polar surface area (TPSA) is 103 Å². The Kier molecular flexibility index (Phi) is 6.47. The van der Waals surface area contributed by atoms with Crippen molar-refractivity contribution in [2.45, 2.75) is 20.0 Å². The van der Waals surface area contributed by atoms with Crippen LogP contribution in [-0.4, -0.2) is 34.7 Å². The number of halogens is 1. The lowest BCUT2D eigenvalue weighted by Gasteiger charge is -2.16. The zero-order valence-electron chi connectivity index (χ0n) is 14.0. The summed E-state index contributed by atoms with van der Waals surface area (Å²) in [6.45, 7) is 2.36. The van der Waals surface area contributed by atoms with Crippen molar-refractivity contribution in [3.63, 3.8) is 0 Å². The Hall–Kier alpha value is -2.94. The molecule has 1 aromatic carbocycles. The molecule has 0 aliphatic rings. The van der Waals surface area contributed by atoms with E-state index in [0.29, 0.717) is 18.7 Å². The maximum atomic E-state index is 13.8. The van der Waals surface area contributed by atoms with Gasteiger partial charge in [-0.15, -0.1) is 0 Å². The quantitative estimate of drug-likeness (QED) is 0.452. The maximum Gasteiger partial charge on any atom is 0.337 e. The van der Waals surface area contributed by atoms with Crippen LogP contribution < -0.4 is 20.6 Å². The van der Waals surface area contributed by atoms with Gasteiger partial charge in [0.1, 0.15) is 12.4 Å². The molecule has 25 heavy (non-hydrogen) atoms. The molecule has 3 N–H and O–H groups in total. The summed E-state index contributed by atoms with van der Waals surface area (Å²) in [6.07, 6.45) is 1.59. The van der Waals surface area contributed by atoms with Crippen LogP contribution >= 0.6 is 0 Å². The number of urea groups is 1. The van der Waals surface area contributed by atoms with Crippen LogP contribution in [0.2, 0.25) is 0 Å². The van der Waals surface area contributed by atoms with Gasteiger partial charge < -0.3 is 9.47 Å². The van der Waals surface area contributed by atoms with Crippen molar-refractivity contribution in [1.82, 2.24) is 15.0 Å². The number of hydrogen-bond donors (Lipinski definition) is 2. The van der Waals surface area contributed by atoms with Gasteiger partial charge in [-0.2, -0.15) is 4.98 Å². The molecule has 2 aromatic rings. The Morgan fingerprint density at radius 2 is 2.24 bits per heavy atom. The molecule has 0 fully saturated rings. The molecule has 0 saturated carbocycles. The standard InChI is InChI=1S/C16H20FN5O3/c1-3-7-22(18)16(23)21-14-13(17)9-19-15(20-14)25-10-11-5-4-6-12(8-11)24-2/h4-6,8-9H,3,7,10,18H2,1-2H3,(H,19,20,21,23). The summed E-state index contributed by atoms with van der Waals surface area (Å²) in [7, 11) is 1.57.